The van der Waals surface area contributed by atoms with E-state index < -0.39 is 36.9 Å². The van der Waals surface area contributed by atoms with Crippen LogP contribution in [0.5, 0.6) is 0 Å². The molecule has 0 saturated heterocycles. The lowest BCUT2D eigenvalue weighted by Gasteiger charge is -2.21. The predicted molar refractivity (Wildman–Crippen MR) is 107 cm³/mol. The second-order valence-corrected chi connectivity index (χ2v) is 7.60. The van der Waals surface area contributed by atoms with Gasteiger partial charge in [-0.15, -0.1) is 0 Å². The van der Waals surface area contributed by atoms with Crippen LogP contribution in [0.1, 0.15) is 12.1 Å². The van der Waals surface area contributed by atoms with Crippen LogP contribution in [0, 0.1) is 12.8 Å². The Bertz CT molecular complexity index is 1080. The van der Waals surface area contributed by atoms with E-state index in [0.717, 1.165) is 0 Å². The van der Waals surface area contributed by atoms with E-state index in [2.05, 4.69) is 30.6 Å². The average Bonchev–Trinajstić information content (AvgIpc) is 3.27. The smallest absolute Gasteiger partial charge is 0.405 e. The lowest BCUT2D eigenvalue weighted by atomic mass is 10.1. The highest BCUT2D eigenvalue weighted by molar-refractivity contribution is 5.80. The number of hydrogen-bond acceptors (Lipinski definition) is 10. The number of oxazole rings is 1. The first-order valence-electron chi connectivity index (χ1n) is 9.80. The molecule has 0 radical (unpaired) electrons. The van der Waals surface area contributed by atoms with Crippen molar-refractivity contribution in [3.05, 3.63) is 24.2 Å². The number of aliphatic hydroxyl groups is 3. The summed E-state index contributed by atoms with van der Waals surface area (Å²) in [6.07, 6.45) is -3.64. The lowest BCUT2D eigenvalue weighted by molar-refractivity contribution is -0.115. The molecule has 13 heteroatoms. The standard InChI is InChI=1S/C19H21F3N6O4/c1-8-13(17-27-11-5-23-3-2-12(11)32-17)16(28-18(25-8)24-7-19(20,21)22)26-10-4-9(6-29)14(30)15(10)31/h2-3,5,9-10,14-15,29-31H,4,6-7H2,1H3,(H2,24,25,26,28)/t9-,10-,14-,15+/m1/s1. The normalized spacial score (nSPS) is 23.6. The number of nitrogens with zero attached hydrogens (tertiary/aromatic N) is 4. The Balaban J connectivity index is 1.74. The summed E-state index contributed by atoms with van der Waals surface area (Å²) < 4.78 is 43.7. The Morgan fingerprint density at radius 3 is 2.62 bits per heavy atom. The molecule has 0 aromatic carbocycles. The molecule has 4 rings (SSSR count). The largest absolute Gasteiger partial charge is 0.436 e. The van der Waals surface area contributed by atoms with E-state index in [9.17, 15) is 28.5 Å². The zero-order valence-corrected chi connectivity index (χ0v) is 16.8. The molecule has 0 bridgehead atoms. The second-order valence-electron chi connectivity index (χ2n) is 7.60. The van der Waals surface area contributed by atoms with Crippen molar-refractivity contribution in [2.24, 2.45) is 5.92 Å². The third-order valence-corrected chi connectivity index (χ3v) is 5.30. The maximum Gasteiger partial charge on any atom is 0.405 e. The van der Waals surface area contributed by atoms with Gasteiger partial charge in [0.05, 0.1) is 24.0 Å². The lowest BCUT2D eigenvalue weighted by Crippen LogP contribution is -2.36. The summed E-state index contributed by atoms with van der Waals surface area (Å²) in [6, 6.07) is 0.883. The summed E-state index contributed by atoms with van der Waals surface area (Å²) >= 11 is 0. The van der Waals surface area contributed by atoms with Gasteiger partial charge in [0.25, 0.3) is 0 Å². The number of nitrogens with one attached hydrogen (secondary N) is 2. The Kier molecular flexibility index (Phi) is 5.88. The van der Waals surface area contributed by atoms with Crippen LogP contribution in [0.3, 0.4) is 0 Å². The SMILES string of the molecule is Cc1nc(NCC(F)(F)F)nc(N[C@@H]2C[C@H](CO)[C@@H](O)[C@H]2O)c1-c1nc2cnccc2o1. The van der Waals surface area contributed by atoms with Crippen molar-refractivity contribution in [1.82, 2.24) is 19.9 Å². The van der Waals surface area contributed by atoms with Gasteiger partial charge in [0.15, 0.2) is 5.58 Å². The van der Waals surface area contributed by atoms with Crippen molar-refractivity contribution >= 4 is 22.9 Å². The number of hydrogen-bond donors (Lipinski definition) is 5. The molecule has 0 aliphatic heterocycles. The quantitative estimate of drug-likeness (QED) is 0.371. The van der Waals surface area contributed by atoms with Crippen LogP contribution in [0.2, 0.25) is 0 Å². The second kappa shape index (κ2) is 8.48. The number of halogens is 3. The van der Waals surface area contributed by atoms with Gasteiger partial charge in [-0.05, 0) is 13.3 Å². The Hall–Kier alpha value is -3.03. The zero-order chi connectivity index (χ0) is 23.0. The zero-order valence-electron chi connectivity index (χ0n) is 16.8. The molecule has 32 heavy (non-hydrogen) atoms. The fourth-order valence-electron chi connectivity index (χ4n) is 3.70. The molecule has 1 aliphatic carbocycles. The van der Waals surface area contributed by atoms with Crippen LogP contribution in [0.4, 0.5) is 24.9 Å². The van der Waals surface area contributed by atoms with Gasteiger partial charge in [-0.3, -0.25) is 4.98 Å². The molecule has 3 aromatic heterocycles. The molecule has 5 N–H and O–H groups in total. The minimum atomic E-state index is -4.48. The van der Waals surface area contributed by atoms with Gasteiger partial charge >= 0.3 is 6.18 Å². The van der Waals surface area contributed by atoms with Crippen molar-refractivity contribution in [3.8, 4) is 11.5 Å². The van der Waals surface area contributed by atoms with Gasteiger partial charge in [0.2, 0.25) is 11.8 Å². The highest BCUT2D eigenvalue weighted by atomic mass is 19.4. The van der Waals surface area contributed by atoms with E-state index in [1.807, 2.05) is 0 Å². The van der Waals surface area contributed by atoms with Crippen molar-refractivity contribution in [1.29, 1.82) is 0 Å². The van der Waals surface area contributed by atoms with Crippen molar-refractivity contribution in [2.75, 3.05) is 23.8 Å². The highest BCUT2D eigenvalue weighted by Gasteiger charge is 2.41. The molecule has 3 aromatic rings. The molecule has 0 spiro atoms. The molecule has 1 fully saturated rings. The van der Waals surface area contributed by atoms with Gasteiger partial charge in [-0.1, -0.05) is 0 Å². The highest BCUT2D eigenvalue weighted by Crippen LogP contribution is 2.35. The molecule has 3 heterocycles. The monoisotopic (exact) mass is 454 g/mol. The van der Waals surface area contributed by atoms with Crippen molar-refractivity contribution in [2.45, 2.75) is 37.8 Å². The first-order chi connectivity index (χ1) is 15.2. The minimum absolute atomic E-state index is 0.0662. The Morgan fingerprint density at radius 2 is 1.97 bits per heavy atom. The fraction of sp³-hybridized carbons (Fsp3) is 0.474. The first-order valence-corrected chi connectivity index (χ1v) is 9.80. The van der Waals surface area contributed by atoms with Gasteiger partial charge in [0, 0.05) is 24.8 Å². The summed E-state index contributed by atoms with van der Waals surface area (Å²) in [7, 11) is 0. The molecular weight excluding hydrogens is 433 g/mol. The number of aryl methyl sites for hydroxylation is 1. The van der Waals surface area contributed by atoms with Gasteiger partial charge in [-0.25, -0.2) is 9.97 Å². The van der Waals surface area contributed by atoms with Crippen molar-refractivity contribution < 1.29 is 32.9 Å². The number of alkyl halides is 3. The molecule has 0 unspecified atom stereocenters. The van der Waals surface area contributed by atoms with Crippen LogP contribution < -0.4 is 10.6 Å². The van der Waals surface area contributed by atoms with Crippen molar-refractivity contribution in [3.63, 3.8) is 0 Å². The maximum atomic E-state index is 12.7. The summed E-state index contributed by atoms with van der Waals surface area (Å²) in [5.41, 5.74) is 1.46. The third-order valence-electron chi connectivity index (χ3n) is 5.30. The van der Waals surface area contributed by atoms with E-state index in [1.165, 1.54) is 12.4 Å². The van der Waals surface area contributed by atoms with E-state index in [-0.39, 0.29) is 41.9 Å². The van der Waals surface area contributed by atoms with Gasteiger partial charge < -0.3 is 30.4 Å². The molecule has 172 valence electrons. The molecule has 4 atom stereocenters. The van der Waals surface area contributed by atoms with Crippen LogP contribution in [-0.2, 0) is 0 Å². The van der Waals surface area contributed by atoms with Gasteiger partial charge in [-0.2, -0.15) is 18.2 Å². The molecule has 0 amide bonds. The number of aliphatic hydroxyl groups excluding tert-OH is 3. The molecule has 10 nitrogen and oxygen atoms in total. The topological polar surface area (TPSA) is 149 Å². The summed E-state index contributed by atoms with van der Waals surface area (Å²) in [4.78, 5) is 16.6. The maximum absolute atomic E-state index is 12.7. The number of fused-ring (bicyclic) bond motifs is 1. The average molecular weight is 454 g/mol. The van der Waals surface area contributed by atoms with Crippen LogP contribution in [0.25, 0.3) is 22.6 Å². The van der Waals surface area contributed by atoms with Crippen LogP contribution in [-0.4, -0.2) is 72.8 Å². The van der Waals surface area contributed by atoms with Crippen LogP contribution >= 0.6 is 0 Å². The van der Waals surface area contributed by atoms with E-state index in [4.69, 9.17) is 4.42 Å². The van der Waals surface area contributed by atoms with E-state index in [1.54, 1.807) is 13.0 Å². The molecule has 1 saturated carbocycles. The number of rotatable bonds is 6. The Labute approximate surface area is 179 Å². The van der Waals surface area contributed by atoms with E-state index in [0.29, 0.717) is 11.1 Å². The number of anilines is 2. The summed E-state index contributed by atoms with van der Waals surface area (Å²) in [5.74, 6) is -0.665. The molecule has 1 aliphatic rings. The predicted octanol–water partition coefficient (Wildman–Crippen LogP) is 1.48. The first kappa shape index (κ1) is 22.2. The Morgan fingerprint density at radius 1 is 1.19 bits per heavy atom. The minimum Gasteiger partial charge on any atom is -0.436 e. The van der Waals surface area contributed by atoms with Gasteiger partial charge in [0.1, 0.15) is 29.5 Å². The fourth-order valence-corrected chi connectivity index (χ4v) is 3.70. The third kappa shape index (κ3) is 4.45. The van der Waals surface area contributed by atoms with E-state index >= 15 is 0 Å². The number of aromatic nitrogens is 4. The number of pyridine rings is 1. The summed E-state index contributed by atoms with van der Waals surface area (Å²) in [5, 5.41) is 35.0. The summed E-state index contributed by atoms with van der Waals surface area (Å²) in [6.45, 7) is -0.107. The molecular formula is C19H21F3N6O4. The van der Waals surface area contributed by atoms with Crippen LogP contribution in [0.15, 0.2) is 22.9 Å².